The molecule has 0 aromatic rings. The molecule has 0 amide bonds. The molecule has 2 nitrogen and oxygen atoms in total. The van der Waals surface area contributed by atoms with Crippen molar-refractivity contribution < 1.29 is 0 Å². The van der Waals surface area contributed by atoms with E-state index in [1.165, 1.54) is 64.7 Å². The van der Waals surface area contributed by atoms with Crippen LogP contribution in [-0.2, 0) is 0 Å². The predicted octanol–water partition coefficient (Wildman–Crippen LogP) is 4.69. The molecule has 1 aliphatic carbocycles. The number of nitrogens with zero attached hydrogens (tertiary/aromatic N) is 1. The maximum absolute atomic E-state index is 3.81. The lowest BCUT2D eigenvalue weighted by Crippen LogP contribution is -2.50. The van der Waals surface area contributed by atoms with Gasteiger partial charge in [0.2, 0.25) is 0 Å². The molecule has 0 saturated heterocycles. The van der Waals surface area contributed by atoms with Gasteiger partial charge in [0.15, 0.2) is 0 Å². The SMILES string of the molecule is CCCCN(CC)CC1(CNC(C)(C)C)CCCC(C)C1. The quantitative estimate of drug-likeness (QED) is 0.699. The summed E-state index contributed by atoms with van der Waals surface area (Å²) in [5.74, 6) is 0.894. The summed E-state index contributed by atoms with van der Waals surface area (Å²) >= 11 is 0. The number of hydrogen-bond donors (Lipinski definition) is 1. The molecule has 2 heteroatoms. The molecule has 1 N–H and O–H groups in total. The summed E-state index contributed by atoms with van der Waals surface area (Å²) in [6, 6.07) is 0. The van der Waals surface area contributed by atoms with Crippen molar-refractivity contribution in [1.29, 1.82) is 0 Å². The predicted molar refractivity (Wildman–Crippen MR) is 94.8 cm³/mol. The van der Waals surface area contributed by atoms with E-state index in [-0.39, 0.29) is 5.54 Å². The summed E-state index contributed by atoms with van der Waals surface area (Å²) in [6.45, 7) is 18.9. The molecule has 2 atom stereocenters. The van der Waals surface area contributed by atoms with E-state index < -0.39 is 0 Å². The van der Waals surface area contributed by atoms with Gasteiger partial charge >= 0.3 is 0 Å². The largest absolute Gasteiger partial charge is 0.311 e. The fourth-order valence-electron chi connectivity index (χ4n) is 3.79. The lowest BCUT2D eigenvalue weighted by molar-refractivity contribution is 0.0751. The van der Waals surface area contributed by atoms with Crippen LogP contribution in [0.3, 0.4) is 0 Å². The molecule has 1 aliphatic rings. The third kappa shape index (κ3) is 7.15. The normalized spacial score (nSPS) is 27.3. The van der Waals surface area contributed by atoms with Crippen molar-refractivity contribution in [3.8, 4) is 0 Å². The topological polar surface area (TPSA) is 15.3 Å². The number of unbranched alkanes of at least 4 members (excludes halogenated alkanes) is 1. The van der Waals surface area contributed by atoms with Gasteiger partial charge in [0.1, 0.15) is 0 Å². The third-order valence-electron chi connectivity index (χ3n) is 5.01. The molecule has 21 heavy (non-hydrogen) atoms. The minimum absolute atomic E-state index is 0.230. The molecule has 1 rings (SSSR count). The lowest BCUT2D eigenvalue weighted by Gasteiger charge is -2.45. The monoisotopic (exact) mass is 296 g/mol. The van der Waals surface area contributed by atoms with Gasteiger partial charge in [-0.05, 0) is 64.5 Å². The van der Waals surface area contributed by atoms with Crippen LogP contribution in [0.15, 0.2) is 0 Å². The fraction of sp³-hybridized carbons (Fsp3) is 1.00. The maximum atomic E-state index is 3.81. The van der Waals surface area contributed by atoms with Crippen LogP contribution in [0.5, 0.6) is 0 Å². The summed E-state index contributed by atoms with van der Waals surface area (Å²) in [5.41, 5.74) is 0.725. The third-order valence-corrected chi connectivity index (χ3v) is 5.01. The zero-order chi connectivity index (χ0) is 15.9. The Hall–Kier alpha value is -0.0800. The molecule has 0 aromatic heterocycles. The van der Waals surface area contributed by atoms with Gasteiger partial charge in [0.05, 0.1) is 0 Å². The Morgan fingerprint density at radius 1 is 1.24 bits per heavy atom. The summed E-state index contributed by atoms with van der Waals surface area (Å²) in [7, 11) is 0. The first-order valence-electron chi connectivity index (χ1n) is 9.27. The van der Waals surface area contributed by atoms with E-state index in [0.717, 1.165) is 5.92 Å². The zero-order valence-corrected chi connectivity index (χ0v) is 15.6. The van der Waals surface area contributed by atoms with E-state index in [1.54, 1.807) is 0 Å². The van der Waals surface area contributed by atoms with Crippen molar-refractivity contribution in [2.45, 2.75) is 85.6 Å². The summed E-state index contributed by atoms with van der Waals surface area (Å²) < 4.78 is 0. The molecule has 1 saturated carbocycles. The van der Waals surface area contributed by atoms with Crippen molar-refractivity contribution in [3.05, 3.63) is 0 Å². The molecule has 1 fully saturated rings. The Balaban J connectivity index is 2.70. The molecule has 2 unspecified atom stereocenters. The van der Waals surface area contributed by atoms with E-state index in [4.69, 9.17) is 0 Å². The molecular weight excluding hydrogens is 256 g/mol. The highest BCUT2D eigenvalue weighted by Crippen LogP contribution is 2.40. The Labute approximate surface area is 134 Å². The van der Waals surface area contributed by atoms with E-state index in [0.29, 0.717) is 5.41 Å². The van der Waals surface area contributed by atoms with E-state index >= 15 is 0 Å². The second-order valence-corrected chi connectivity index (χ2v) is 8.53. The lowest BCUT2D eigenvalue weighted by atomic mass is 9.69. The Bertz CT molecular complexity index is 282. The second kappa shape index (κ2) is 8.53. The van der Waals surface area contributed by atoms with E-state index in [9.17, 15) is 0 Å². The first kappa shape index (κ1) is 19.0. The molecular formula is C19H40N2. The van der Waals surface area contributed by atoms with Crippen molar-refractivity contribution >= 4 is 0 Å². The average molecular weight is 297 g/mol. The van der Waals surface area contributed by atoms with Gasteiger partial charge in [-0.2, -0.15) is 0 Å². The average Bonchev–Trinajstić information content (AvgIpc) is 2.41. The first-order valence-corrected chi connectivity index (χ1v) is 9.27. The Morgan fingerprint density at radius 2 is 1.95 bits per heavy atom. The Morgan fingerprint density at radius 3 is 2.48 bits per heavy atom. The Kier molecular flexibility index (Phi) is 7.70. The summed E-state index contributed by atoms with van der Waals surface area (Å²) in [5, 5.41) is 3.81. The highest BCUT2D eigenvalue weighted by Gasteiger charge is 2.36. The zero-order valence-electron chi connectivity index (χ0n) is 15.6. The molecule has 126 valence electrons. The van der Waals surface area contributed by atoms with Crippen LogP contribution >= 0.6 is 0 Å². The van der Waals surface area contributed by atoms with Crippen molar-refractivity contribution in [2.24, 2.45) is 11.3 Å². The summed E-state index contributed by atoms with van der Waals surface area (Å²) in [6.07, 6.45) is 8.30. The minimum atomic E-state index is 0.230. The van der Waals surface area contributed by atoms with Crippen LogP contribution in [0.1, 0.15) is 80.1 Å². The maximum Gasteiger partial charge on any atom is 0.00967 e. The highest BCUT2D eigenvalue weighted by atomic mass is 15.1. The van der Waals surface area contributed by atoms with Gasteiger partial charge in [-0.25, -0.2) is 0 Å². The summed E-state index contributed by atoms with van der Waals surface area (Å²) in [4.78, 5) is 2.70. The van der Waals surface area contributed by atoms with Gasteiger partial charge < -0.3 is 10.2 Å². The van der Waals surface area contributed by atoms with Crippen LogP contribution < -0.4 is 5.32 Å². The van der Waals surface area contributed by atoms with Crippen molar-refractivity contribution in [3.63, 3.8) is 0 Å². The molecule has 0 radical (unpaired) electrons. The highest BCUT2D eigenvalue weighted by molar-refractivity contribution is 4.91. The molecule has 0 heterocycles. The first-order chi connectivity index (χ1) is 9.80. The van der Waals surface area contributed by atoms with Crippen molar-refractivity contribution in [1.82, 2.24) is 10.2 Å². The van der Waals surface area contributed by atoms with Gasteiger partial charge in [-0.15, -0.1) is 0 Å². The van der Waals surface area contributed by atoms with Gasteiger partial charge in [-0.1, -0.05) is 40.0 Å². The smallest absolute Gasteiger partial charge is 0.00967 e. The second-order valence-electron chi connectivity index (χ2n) is 8.53. The fourth-order valence-corrected chi connectivity index (χ4v) is 3.79. The van der Waals surface area contributed by atoms with Crippen LogP contribution in [-0.4, -0.2) is 36.6 Å². The van der Waals surface area contributed by atoms with Crippen LogP contribution in [0, 0.1) is 11.3 Å². The van der Waals surface area contributed by atoms with Crippen LogP contribution in [0.4, 0.5) is 0 Å². The number of rotatable bonds is 8. The molecule has 0 aromatic carbocycles. The van der Waals surface area contributed by atoms with E-state index in [1.807, 2.05) is 0 Å². The standard InChI is InChI=1S/C19H40N2/c1-7-9-13-21(8-2)16-19(15-20-18(4,5)6)12-10-11-17(3)14-19/h17,20H,7-16H2,1-6H3. The van der Waals surface area contributed by atoms with Gasteiger partial charge in [0.25, 0.3) is 0 Å². The van der Waals surface area contributed by atoms with Crippen LogP contribution in [0.2, 0.25) is 0 Å². The van der Waals surface area contributed by atoms with E-state index in [2.05, 4.69) is 51.8 Å². The van der Waals surface area contributed by atoms with Gasteiger partial charge in [0, 0.05) is 18.6 Å². The number of hydrogen-bond acceptors (Lipinski definition) is 2. The molecule has 0 aliphatic heterocycles. The van der Waals surface area contributed by atoms with Crippen LogP contribution in [0.25, 0.3) is 0 Å². The van der Waals surface area contributed by atoms with Gasteiger partial charge in [-0.3, -0.25) is 0 Å². The molecule has 0 bridgehead atoms. The number of nitrogens with one attached hydrogen (secondary N) is 1. The van der Waals surface area contributed by atoms with Crippen molar-refractivity contribution in [2.75, 3.05) is 26.2 Å². The minimum Gasteiger partial charge on any atom is -0.311 e. The molecule has 0 spiro atoms.